The van der Waals surface area contributed by atoms with E-state index in [1.54, 1.807) is 0 Å². The second-order valence-corrected chi connectivity index (χ2v) is 5.38. The summed E-state index contributed by atoms with van der Waals surface area (Å²) in [6.45, 7) is 8.63. The zero-order chi connectivity index (χ0) is 11.8. The first-order valence-electron chi connectivity index (χ1n) is 6.19. The summed E-state index contributed by atoms with van der Waals surface area (Å²) in [5.74, 6) is 0. The summed E-state index contributed by atoms with van der Waals surface area (Å²) in [6, 6.07) is 0. The molecule has 0 aliphatic carbocycles. The lowest BCUT2D eigenvalue weighted by molar-refractivity contribution is 0.0646. The predicted molar refractivity (Wildman–Crippen MR) is 65.2 cm³/mol. The Morgan fingerprint density at radius 1 is 1.62 bits per heavy atom. The molecule has 2 rings (SSSR count). The van der Waals surface area contributed by atoms with Crippen LogP contribution in [0.3, 0.4) is 0 Å². The maximum absolute atomic E-state index is 8.94. The molecule has 2 saturated heterocycles. The van der Waals surface area contributed by atoms with Gasteiger partial charge in [-0.3, -0.25) is 0 Å². The normalized spacial score (nSPS) is 38.4. The van der Waals surface area contributed by atoms with E-state index in [2.05, 4.69) is 19.6 Å². The van der Waals surface area contributed by atoms with Gasteiger partial charge in [0.2, 0.25) is 0 Å². The van der Waals surface area contributed by atoms with E-state index in [4.69, 9.17) is 9.84 Å². The number of allylic oxidation sites excluding steroid dienone is 1. The lowest BCUT2D eigenvalue weighted by Crippen LogP contribution is -2.30. The van der Waals surface area contributed by atoms with Crippen LogP contribution in [0.5, 0.6) is 0 Å². The molecule has 2 aliphatic rings. The molecule has 2 heteroatoms. The standard InChI is InChI=1S/C14H22O2/c1-10(9-15)5-4-8-14(3)11(2)12-6-7-13(14)16-12/h5,12-13,15H,2,4,6-9H2,1,3H3/b10-5-/t12-,13+,14-/m0/s1. The zero-order valence-corrected chi connectivity index (χ0v) is 10.3. The molecule has 0 unspecified atom stereocenters. The number of hydrogen-bond donors (Lipinski definition) is 1. The van der Waals surface area contributed by atoms with E-state index in [0.717, 1.165) is 24.8 Å². The molecule has 2 nitrogen and oxygen atoms in total. The average Bonchev–Trinajstić information content (AvgIpc) is 2.83. The Labute approximate surface area is 98.0 Å². The lowest BCUT2D eigenvalue weighted by Gasteiger charge is -2.32. The van der Waals surface area contributed by atoms with Gasteiger partial charge in [-0.15, -0.1) is 0 Å². The van der Waals surface area contributed by atoms with E-state index in [1.165, 1.54) is 12.0 Å². The summed E-state index contributed by atoms with van der Waals surface area (Å²) in [5.41, 5.74) is 2.51. The van der Waals surface area contributed by atoms with Crippen LogP contribution in [-0.2, 0) is 4.74 Å². The fourth-order valence-electron chi connectivity index (χ4n) is 2.94. The van der Waals surface area contributed by atoms with Crippen LogP contribution in [0, 0.1) is 5.41 Å². The van der Waals surface area contributed by atoms with Crippen LogP contribution in [-0.4, -0.2) is 23.9 Å². The molecular formula is C14H22O2. The molecule has 0 aromatic carbocycles. The van der Waals surface area contributed by atoms with Crippen molar-refractivity contribution in [3.05, 3.63) is 23.8 Å². The highest BCUT2D eigenvalue weighted by atomic mass is 16.5. The van der Waals surface area contributed by atoms with E-state index in [9.17, 15) is 0 Å². The molecule has 2 heterocycles. The van der Waals surface area contributed by atoms with Crippen molar-refractivity contribution in [2.45, 2.75) is 51.7 Å². The molecule has 0 radical (unpaired) electrons. The maximum Gasteiger partial charge on any atom is 0.0793 e. The predicted octanol–water partition coefficient (Wildman–Crippen LogP) is 2.83. The molecule has 0 saturated carbocycles. The molecule has 2 aliphatic heterocycles. The van der Waals surface area contributed by atoms with Crippen molar-refractivity contribution in [3.63, 3.8) is 0 Å². The first-order valence-corrected chi connectivity index (χ1v) is 6.19. The Balaban J connectivity index is 1.96. The van der Waals surface area contributed by atoms with Gasteiger partial charge in [-0.25, -0.2) is 0 Å². The smallest absolute Gasteiger partial charge is 0.0793 e. The molecule has 3 atom stereocenters. The van der Waals surface area contributed by atoms with E-state index < -0.39 is 0 Å². The lowest BCUT2D eigenvalue weighted by atomic mass is 9.69. The van der Waals surface area contributed by atoms with Gasteiger partial charge in [-0.2, -0.15) is 0 Å². The number of aliphatic hydroxyl groups excluding tert-OH is 1. The van der Waals surface area contributed by atoms with Gasteiger partial charge in [0.1, 0.15) is 0 Å². The van der Waals surface area contributed by atoms with Crippen molar-refractivity contribution in [2.24, 2.45) is 5.41 Å². The van der Waals surface area contributed by atoms with Crippen LogP contribution < -0.4 is 0 Å². The van der Waals surface area contributed by atoms with Crippen LogP contribution in [0.2, 0.25) is 0 Å². The van der Waals surface area contributed by atoms with Crippen LogP contribution in [0.25, 0.3) is 0 Å². The summed E-state index contributed by atoms with van der Waals surface area (Å²) in [4.78, 5) is 0. The van der Waals surface area contributed by atoms with Gasteiger partial charge in [0, 0.05) is 5.41 Å². The summed E-state index contributed by atoms with van der Waals surface area (Å²) in [7, 11) is 0. The summed E-state index contributed by atoms with van der Waals surface area (Å²) >= 11 is 0. The average molecular weight is 222 g/mol. The van der Waals surface area contributed by atoms with Crippen molar-refractivity contribution in [1.29, 1.82) is 0 Å². The Hall–Kier alpha value is -0.600. The van der Waals surface area contributed by atoms with Gasteiger partial charge in [0.25, 0.3) is 0 Å². The van der Waals surface area contributed by atoms with E-state index in [0.29, 0.717) is 12.2 Å². The SMILES string of the molecule is C=C1[C@@H]2CC[C@@H](O2)[C@@]1(C)CC/C=C(/C)CO. The molecule has 0 spiro atoms. The highest BCUT2D eigenvalue weighted by molar-refractivity contribution is 5.25. The van der Waals surface area contributed by atoms with Gasteiger partial charge in [-0.05, 0) is 38.2 Å². The van der Waals surface area contributed by atoms with E-state index in [-0.39, 0.29) is 12.0 Å². The van der Waals surface area contributed by atoms with Gasteiger partial charge in [0.15, 0.2) is 0 Å². The molecule has 0 amide bonds. The Morgan fingerprint density at radius 2 is 2.38 bits per heavy atom. The first-order chi connectivity index (χ1) is 7.58. The van der Waals surface area contributed by atoms with Crippen molar-refractivity contribution in [2.75, 3.05) is 6.61 Å². The minimum absolute atomic E-state index is 0.162. The zero-order valence-electron chi connectivity index (χ0n) is 10.3. The fourth-order valence-corrected chi connectivity index (χ4v) is 2.94. The van der Waals surface area contributed by atoms with Crippen LogP contribution in [0.1, 0.15) is 39.5 Å². The number of aliphatic hydroxyl groups is 1. The van der Waals surface area contributed by atoms with Crippen LogP contribution in [0.15, 0.2) is 23.8 Å². The van der Waals surface area contributed by atoms with Crippen molar-refractivity contribution < 1.29 is 9.84 Å². The largest absolute Gasteiger partial charge is 0.392 e. The van der Waals surface area contributed by atoms with Crippen molar-refractivity contribution in [3.8, 4) is 0 Å². The summed E-state index contributed by atoms with van der Waals surface area (Å²) in [6.07, 6.45) is 7.27. The minimum Gasteiger partial charge on any atom is -0.392 e. The Bertz CT molecular complexity index is 319. The molecule has 0 aromatic rings. The Kier molecular flexibility index (Phi) is 3.22. The topological polar surface area (TPSA) is 29.5 Å². The third-order valence-corrected chi connectivity index (χ3v) is 4.26. The monoisotopic (exact) mass is 222 g/mol. The van der Waals surface area contributed by atoms with Crippen LogP contribution >= 0.6 is 0 Å². The number of rotatable bonds is 4. The highest BCUT2D eigenvalue weighted by Crippen LogP contribution is 2.53. The summed E-state index contributed by atoms with van der Waals surface area (Å²) < 4.78 is 5.91. The van der Waals surface area contributed by atoms with E-state index >= 15 is 0 Å². The third-order valence-electron chi connectivity index (χ3n) is 4.26. The van der Waals surface area contributed by atoms with E-state index in [1.807, 2.05) is 6.92 Å². The number of hydrogen-bond acceptors (Lipinski definition) is 2. The molecule has 16 heavy (non-hydrogen) atoms. The summed E-state index contributed by atoms with van der Waals surface area (Å²) in [5, 5.41) is 8.94. The highest BCUT2D eigenvalue weighted by Gasteiger charge is 2.51. The number of fused-ring (bicyclic) bond motifs is 2. The number of ether oxygens (including phenoxy) is 1. The van der Waals surface area contributed by atoms with Gasteiger partial charge >= 0.3 is 0 Å². The molecule has 0 aromatic heterocycles. The first kappa shape index (κ1) is 11.9. The molecule has 2 fully saturated rings. The fraction of sp³-hybridized carbons (Fsp3) is 0.714. The van der Waals surface area contributed by atoms with Gasteiger partial charge in [-0.1, -0.05) is 25.2 Å². The van der Waals surface area contributed by atoms with Crippen molar-refractivity contribution in [1.82, 2.24) is 0 Å². The molecule has 1 N–H and O–H groups in total. The molecular weight excluding hydrogens is 200 g/mol. The quantitative estimate of drug-likeness (QED) is 0.741. The Morgan fingerprint density at radius 3 is 2.94 bits per heavy atom. The molecule has 90 valence electrons. The maximum atomic E-state index is 8.94. The minimum atomic E-state index is 0.162. The van der Waals surface area contributed by atoms with Gasteiger partial charge < -0.3 is 9.84 Å². The van der Waals surface area contributed by atoms with Gasteiger partial charge in [0.05, 0.1) is 18.8 Å². The second-order valence-electron chi connectivity index (χ2n) is 5.38. The second kappa shape index (κ2) is 4.34. The molecule has 2 bridgehead atoms. The van der Waals surface area contributed by atoms with Crippen LogP contribution in [0.4, 0.5) is 0 Å². The third kappa shape index (κ3) is 1.85. The van der Waals surface area contributed by atoms with Crippen molar-refractivity contribution >= 4 is 0 Å².